The molecule has 6 aromatic carbocycles. The number of nitrogen functional groups attached to an aromatic ring is 3. The lowest BCUT2D eigenvalue weighted by Crippen LogP contribution is -2.44. The Morgan fingerprint density at radius 1 is 0.379 bits per heavy atom. The molecule has 0 spiro atoms. The third-order valence-electron chi connectivity index (χ3n) is 22.1. The van der Waals surface area contributed by atoms with Crippen molar-refractivity contribution >= 4 is 66.7 Å². The van der Waals surface area contributed by atoms with Crippen LogP contribution >= 0.6 is 0 Å². The maximum absolute atomic E-state index is 6.41. The second-order valence-corrected chi connectivity index (χ2v) is 28.4. The van der Waals surface area contributed by atoms with E-state index in [4.69, 9.17) is 47.1 Å². The summed E-state index contributed by atoms with van der Waals surface area (Å²) >= 11 is 0. The zero-order valence-electron chi connectivity index (χ0n) is 58.7. The van der Waals surface area contributed by atoms with Gasteiger partial charge in [0.1, 0.15) is 68.6 Å². The summed E-state index contributed by atoms with van der Waals surface area (Å²) in [5.74, 6) is 6.07. The van der Waals surface area contributed by atoms with E-state index in [0.29, 0.717) is 53.3 Å². The summed E-state index contributed by atoms with van der Waals surface area (Å²) in [7, 11) is 4.29. The summed E-state index contributed by atoms with van der Waals surface area (Å²) in [6.45, 7) is 9.15. The van der Waals surface area contributed by atoms with Gasteiger partial charge in [0.2, 0.25) is 0 Å². The van der Waals surface area contributed by atoms with E-state index in [-0.39, 0.29) is 0 Å². The highest BCUT2D eigenvalue weighted by Crippen LogP contribution is 2.46. The van der Waals surface area contributed by atoms with Gasteiger partial charge in [-0.15, -0.1) is 0 Å². The number of aromatic nitrogens is 12. The Hall–Kier alpha value is -11.3. The number of anilines is 3. The molecule has 0 unspecified atom stereocenters. The fourth-order valence-corrected chi connectivity index (χ4v) is 16.1. The van der Waals surface area contributed by atoms with Crippen LogP contribution in [0.25, 0.3) is 117 Å². The minimum absolute atomic E-state index is 0.420. The number of hydrogen-bond donors (Lipinski definition) is 3. The Labute approximate surface area is 599 Å². The third kappa shape index (κ3) is 12.4. The van der Waals surface area contributed by atoms with E-state index in [2.05, 4.69) is 198 Å². The zero-order chi connectivity index (χ0) is 69.8. The van der Waals surface area contributed by atoms with Crippen LogP contribution in [0.15, 0.2) is 219 Å². The Balaban J connectivity index is 0.000000115. The molecule has 514 valence electrons. The third-order valence-corrected chi connectivity index (χ3v) is 22.1. The molecular weight excluding hydrogens is 1270 g/mol. The predicted molar refractivity (Wildman–Crippen MR) is 415 cm³/mol. The molecule has 1 aliphatic heterocycles. The van der Waals surface area contributed by atoms with Crippen molar-refractivity contribution < 1.29 is 0 Å². The van der Waals surface area contributed by atoms with Crippen LogP contribution in [-0.2, 0) is 0 Å². The molecule has 19 rings (SSSR count). The summed E-state index contributed by atoms with van der Waals surface area (Å²) in [6.07, 6.45) is 20.8. The first-order valence-corrected chi connectivity index (χ1v) is 36.4. The number of pyridine rings is 3. The van der Waals surface area contributed by atoms with E-state index in [1.807, 2.05) is 73.2 Å². The van der Waals surface area contributed by atoms with Crippen LogP contribution in [0, 0.1) is 0 Å². The minimum Gasteiger partial charge on any atom is -0.382 e. The maximum atomic E-state index is 6.41. The number of nitrogens with zero attached hydrogens (tertiary/aromatic N) is 15. The van der Waals surface area contributed by atoms with Crippen LogP contribution < -0.4 is 17.2 Å². The molecule has 0 atom stereocenters. The van der Waals surface area contributed by atoms with Crippen molar-refractivity contribution in [1.82, 2.24) is 72.8 Å². The Morgan fingerprint density at radius 3 is 1.05 bits per heavy atom. The summed E-state index contributed by atoms with van der Waals surface area (Å²) in [5.41, 5.74) is 36.6. The van der Waals surface area contributed by atoms with Gasteiger partial charge in [-0.1, -0.05) is 159 Å². The van der Waals surface area contributed by atoms with Crippen molar-refractivity contribution in [3.05, 3.63) is 237 Å². The van der Waals surface area contributed by atoms with Gasteiger partial charge in [-0.05, 0) is 128 Å². The molecular formula is C85H84N18. The first kappa shape index (κ1) is 65.0. The highest BCUT2D eigenvalue weighted by atomic mass is 15.2. The largest absolute Gasteiger partial charge is 0.382 e. The molecule has 0 amide bonds. The van der Waals surface area contributed by atoms with Gasteiger partial charge in [-0.3, -0.25) is 13.2 Å². The molecule has 1 saturated heterocycles. The van der Waals surface area contributed by atoms with Crippen LogP contribution in [0.2, 0.25) is 0 Å². The van der Waals surface area contributed by atoms with Crippen LogP contribution in [0.3, 0.4) is 0 Å². The zero-order valence-corrected chi connectivity index (χ0v) is 58.7. The van der Waals surface area contributed by atoms with E-state index < -0.39 is 0 Å². The fourth-order valence-electron chi connectivity index (χ4n) is 16.1. The normalized spacial score (nSPS) is 18.8. The molecule has 9 aromatic heterocycles. The monoisotopic (exact) mass is 1360 g/mol. The molecule has 0 bridgehead atoms. The molecule has 3 aliphatic carbocycles. The molecule has 3 saturated carbocycles. The average molecular weight is 1360 g/mol. The van der Waals surface area contributed by atoms with Gasteiger partial charge in [-0.2, -0.15) is 0 Å². The summed E-state index contributed by atoms with van der Waals surface area (Å²) < 4.78 is 6.45. The fraction of sp³-hybridized carbons (Fsp3) is 0.259. The van der Waals surface area contributed by atoms with Gasteiger partial charge < -0.3 is 31.9 Å². The van der Waals surface area contributed by atoms with Gasteiger partial charge in [0, 0.05) is 123 Å². The number of fused-ring (bicyclic) bond motifs is 6. The Kier molecular flexibility index (Phi) is 17.4. The van der Waals surface area contributed by atoms with Gasteiger partial charge in [0.15, 0.2) is 0 Å². The van der Waals surface area contributed by atoms with Crippen molar-refractivity contribution in [2.75, 3.05) is 57.5 Å². The smallest absolute Gasteiger partial charge is 0.150 e. The van der Waals surface area contributed by atoms with Crippen molar-refractivity contribution in [3.63, 3.8) is 0 Å². The molecule has 18 nitrogen and oxygen atoms in total. The summed E-state index contributed by atoms with van der Waals surface area (Å²) in [6, 6.07) is 64.4. The molecule has 18 heteroatoms. The lowest BCUT2D eigenvalue weighted by atomic mass is 9.78. The Morgan fingerprint density at radius 2 is 0.709 bits per heavy atom. The van der Waals surface area contributed by atoms with Gasteiger partial charge in [0.05, 0.1) is 33.6 Å². The molecule has 4 fully saturated rings. The van der Waals surface area contributed by atoms with Crippen LogP contribution in [0.4, 0.5) is 17.5 Å². The van der Waals surface area contributed by atoms with E-state index >= 15 is 0 Å². The Bertz CT molecular complexity index is 5370. The number of likely N-dealkylation sites (tertiary alicyclic amines) is 1. The van der Waals surface area contributed by atoms with Crippen molar-refractivity contribution in [2.45, 2.75) is 101 Å². The van der Waals surface area contributed by atoms with E-state index in [0.717, 1.165) is 173 Å². The molecule has 10 heterocycles. The number of benzene rings is 6. The molecule has 4 aliphatic rings. The topological polar surface area (TPSA) is 217 Å². The lowest BCUT2D eigenvalue weighted by Gasteiger charge is -2.41. The van der Waals surface area contributed by atoms with E-state index in [9.17, 15) is 0 Å². The standard InChI is InChI=1S/C29H28N6.C29H30N6.C27H26N6/c30-28-27-26(21-9-8-20-10-11-24(32-25(20)18-21)19-6-2-1-3-7-19)33-29(35(27)15-12-31-28)22-16-23(17-22)34-13-4-5-14-34;1-3-34(4-2)23-16-22(17-23)29-33-26(27-28(30)31-14-15-35(27)29)21-11-10-20-12-13-24(32-25(20)18-21)19-8-6-5-7-9-19;1-32(2)21-14-20(15-21)27-31-24(25-26(28)29-12-13-33(25)27)19-9-8-18-10-11-22(30-23(18)16-19)17-6-4-3-5-7-17/h1-3,6-12,15,18,22-23H,4-5,13-14,16-17H2,(H2,30,31);5-15,18,22-23H,3-4,16-17H2,1-2H3,(H2,30,31);3-13,16,20-21H,14-15H2,1-2H3,(H2,28,29). The molecule has 15 aromatic rings. The number of rotatable bonds is 14. The average Bonchev–Trinajstić information content (AvgIpc) is 1.61. The van der Waals surface area contributed by atoms with Gasteiger partial charge in [0.25, 0.3) is 0 Å². The summed E-state index contributed by atoms with van der Waals surface area (Å²) in [5, 5.41) is 3.31. The van der Waals surface area contributed by atoms with Crippen molar-refractivity contribution in [2.24, 2.45) is 0 Å². The first-order valence-electron chi connectivity index (χ1n) is 36.4. The second kappa shape index (κ2) is 27.6. The van der Waals surface area contributed by atoms with Crippen molar-refractivity contribution in [1.29, 1.82) is 0 Å². The van der Waals surface area contributed by atoms with Gasteiger partial charge in [-0.25, -0.2) is 44.9 Å². The first-order chi connectivity index (χ1) is 50.5. The number of nitrogens with two attached hydrogens (primary N) is 3. The van der Waals surface area contributed by atoms with Crippen LogP contribution in [-0.4, -0.2) is 131 Å². The molecule has 0 radical (unpaired) electrons. The lowest BCUT2D eigenvalue weighted by molar-refractivity contribution is 0.117. The van der Waals surface area contributed by atoms with E-state index in [1.165, 1.54) is 38.8 Å². The molecule has 6 N–H and O–H groups in total. The highest BCUT2D eigenvalue weighted by molar-refractivity contribution is 5.94. The van der Waals surface area contributed by atoms with Crippen LogP contribution in [0.5, 0.6) is 0 Å². The van der Waals surface area contributed by atoms with E-state index in [1.54, 1.807) is 18.6 Å². The predicted octanol–water partition coefficient (Wildman–Crippen LogP) is 16.3. The van der Waals surface area contributed by atoms with Gasteiger partial charge >= 0.3 is 0 Å². The SMILES string of the molecule is CCN(CC)C1CC(c2nc(-c3ccc4ccc(-c5ccccc5)nc4c3)c3c(N)nccn23)C1.CN(C)C1CC(c2nc(-c3ccc4ccc(-c5ccccc5)nc4c3)c3c(N)nccn23)C1.Nc1nccn2c(C3CC(N4CCCC4)C3)nc(-c3ccc4ccc(-c5ccccc5)nc4c3)c12. The minimum atomic E-state index is 0.420. The quantitative estimate of drug-likeness (QED) is 0.0922. The van der Waals surface area contributed by atoms with Crippen LogP contribution in [0.1, 0.15) is 100 Å². The number of hydrogen-bond acceptors (Lipinski definition) is 15. The summed E-state index contributed by atoms with van der Waals surface area (Å²) in [4.78, 5) is 51.0. The highest BCUT2D eigenvalue weighted by Gasteiger charge is 2.40. The second-order valence-electron chi connectivity index (χ2n) is 28.4. The van der Waals surface area contributed by atoms with Crippen molar-refractivity contribution in [3.8, 4) is 67.5 Å². The molecule has 103 heavy (non-hydrogen) atoms. The number of imidazole rings is 3. The maximum Gasteiger partial charge on any atom is 0.150 e.